The number of aromatic nitrogens is 1. The van der Waals surface area contributed by atoms with Crippen molar-refractivity contribution in [2.24, 2.45) is 5.92 Å². The van der Waals surface area contributed by atoms with Crippen molar-refractivity contribution in [2.75, 3.05) is 32.9 Å². The van der Waals surface area contributed by atoms with Crippen LogP contribution in [0.2, 0.25) is 0 Å². The molecule has 1 aliphatic heterocycles. The van der Waals surface area contributed by atoms with Gasteiger partial charge in [-0.15, -0.1) is 0 Å². The zero-order valence-corrected chi connectivity index (χ0v) is 8.60. The number of alkyl halides is 1. The minimum absolute atomic E-state index is 0.197. The highest BCUT2D eigenvalue weighted by Crippen LogP contribution is 2.15. The predicted octanol–water partition coefficient (Wildman–Crippen LogP) is 1.36. The second kappa shape index (κ2) is 5.07. The van der Waals surface area contributed by atoms with Gasteiger partial charge < -0.3 is 4.74 Å². The van der Waals surface area contributed by atoms with Gasteiger partial charge in [-0.05, 0) is 6.07 Å². The van der Waals surface area contributed by atoms with Crippen molar-refractivity contribution in [3.63, 3.8) is 0 Å². The van der Waals surface area contributed by atoms with Crippen molar-refractivity contribution in [3.05, 3.63) is 24.4 Å². The first-order valence-corrected chi connectivity index (χ1v) is 5.20. The number of rotatable bonds is 5. The first kappa shape index (κ1) is 10.4. The first-order valence-electron chi connectivity index (χ1n) is 5.20. The summed E-state index contributed by atoms with van der Waals surface area (Å²) in [5.74, 6) is 0.903. The number of nitrogens with zero attached hydrogens (tertiary/aromatic N) is 2. The molecule has 3 nitrogen and oxygen atoms in total. The maximum absolute atomic E-state index is 12.1. The molecular formula is C11H15FN2O. The van der Waals surface area contributed by atoms with E-state index in [4.69, 9.17) is 4.74 Å². The molecule has 4 heteroatoms. The van der Waals surface area contributed by atoms with Gasteiger partial charge in [-0.25, -0.2) is 4.98 Å². The monoisotopic (exact) mass is 210 g/mol. The van der Waals surface area contributed by atoms with E-state index < -0.39 is 0 Å². The Morgan fingerprint density at radius 2 is 2.33 bits per heavy atom. The van der Waals surface area contributed by atoms with Crippen LogP contribution in [0.1, 0.15) is 0 Å². The summed E-state index contributed by atoms with van der Waals surface area (Å²) >= 11 is 0. The van der Waals surface area contributed by atoms with E-state index in [2.05, 4.69) is 9.88 Å². The fourth-order valence-electron chi connectivity index (χ4n) is 1.67. The normalized spacial score (nSPS) is 17.4. The highest BCUT2D eigenvalue weighted by Gasteiger charge is 2.25. The topological polar surface area (TPSA) is 25.4 Å². The van der Waals surface area contributed by atoms with E-state index in [0.717, 1.165) is 19.6 Å². The fourth-order valence-corrected chi connectivity index (χ4v) is 1.67. The Balaban J connectivity index is 1.60. The van der Waals surface area contributed by atoms with Crippen LogP contribution in [-0.2, 0) is 0 Å². The van der Waals surface area contributed by atoms with Gasteiger partial charge in [0.15, 0.2) is 0 Å². The van der Waals surface area contributed by atoms with Gasteiger partial charge >= 0.3 is 0 Å². The van der Waals surface area contributed by atoms with Crippen molar-refractivity contribution < 1.29 is 9.13 Å². The molecule has 0 radical (unpaired) electrons. The minimum Gasteiger partial charge on any atom is -0.476 e. The number of halogens is 1. The van der Waals surface area contributed by atoms with Crippen LogP contribution in [0.15, 0.2) is 24.4 Å². The zero-order chi connectivity index (χ0) is 10.5. The van der Waals surface area contributed by atoms with Crippen LogP contribution in [0, 0.1) is 5.92 Å². The van der Waals surface area contributed by atoms with Gasteiger partial charge in [0.2, 0.25) is 5.88 Å². The number of pyridine rings is 1. The van der Waals surface area contributed by atoms with Crippen LogP contribution >= 0.6 is 0 Å². The Morgan fingerprint density at radius 3 is 3.00 bits per heavy atom. The molecule has 0 atom stereocenters. The molecule has 1 aliphatic rings. The van der Waals surface area contributed by atoms with Crippen LogP contribution in [-0.4, -0.2) is 42.8 Å². The lowest BCUT2D eigenvalue weighted by Gasteiger charge is -2.37. The molecule has 0 bridgehead atoms. The largest absolute Gasteiger partial charge is 0.476 e. The van der Waals surface area contributed by atoms with Gasteiger partial charge in [-0.3, -0.25) is 9.29 Å². The van der Waals surface area contributed by atoms with Crippen LogP contribution in [0.4, 0.5) is 4.39 Å². The number of likely N-dealkylation sites (tertiary alicyclic amines) is 1. The number of hydrogen-bond acceptors (Lipinski definition) is 3. The Labute approximate surface area is 88.9 Å². The molecule has 2 rings (SSSR count). The molecule has 0 spiro atoms. The molecule has 1 saturated heterocycles. The average Bonchev–Trinajstić information content (AvgIpc) is 2.23. The van der Waals surface area contributed by atoms with E-state index in [0.29, 0.717) is 12.5 Å². The molecule has 0 amide bonds. The van der Waals surface area contributed by atoms with Gasteiger partial charge in [0.25, 0.3) is 0 Å². The lowest BCUT2D eigenvalue weighted by molar-refractivity contribution is 0.0662. The third-order valence-corrected chi connectivity index (χ3v) is 2.55. The summed E-state index contributed by atoms with van der Waals surface area (Å²) in [6.45, 7) is 3.00. The van der Waals surface area contributed by atoms with Gasteiger partial charge in [0.05, 0.1) is 6.67 Å². The zero-order valence-electron chi connectivity index (χ0n) is 8.60. The summed E-state index contributed by atoms with van der Waals surface area (Å²) in [7, 11) is 0. The van der Waals surface area contributed by atoms with Crippen molar-refractivity contribution in [3.8, 4) is 5.88 Å². The van der Waals surface area contributed by atoms with E-state index in [-0.39, 0.29) is 12.6 Å². The highest BCUT2D eigenvalue weighted by molar-refractivity contribution is 5.08. The Morgan fingerprint density at radius 1 is 1.47 bits per heavy atom. The molecule has 15 heavy (non-hydrogen) atoms. The van der Waals surface area contributed by atoms with Gasteiger partial charge in [0.1, 0.15) is 6.61 Å². The molecule has 1 aromatic rings. The van der Waals surface area contributed by atoms with Gasteiger partial charge in [-0.2, -0.15) is 0 Å². The molecule has 1 fully saturated rings. The fraction of sp³-hybridized carbons (Fsp3) is 0.545. The lowest BCUT2D eigenvalue weighted by atomic mass is 10.0. The van der Waals surface area contributed by atoms with Crippen molar-refractivity contribution in [2.45, 2.75) is 0 Å². The molecule has 1 aromatic heterocycles. The first-order chi connectivity index (χ1) is 7.38. The summed E-state index contributed by atoms with van der Waals surface area (Å²) < 4.78 is 17.6. The van der Waals surface area contributed by atoms with Crippen LogP contribution in [0.5, 0.6) is 5.88 Å². The summed E-state index contributed by atoms with van der Waals surface area (Å²) in [6.07, 6.45) is 1.71. The number of ether oxygens (including phenoxy) is 1. The number of hydrogen-bond donors (Lipinski definition) is 0. The standard InChI is InChI=1S/C11H15FN2O/c12-7-10-8-14(9-10)5-6-15-11-3-1-2-4-13-11/h1-4,10H,5-9H2. The molecule has 82 valence electrons. The smallest absolute Gasteiger partial charge is 0.213 e. The SMILES string of the molecule is FCC1CN(CCOc2ccccn2)C1. The van der Waals surface area contributed by atoms with Gasteiger partial charge in [-0.1, -0.05) is 6.07 Å². The van der Waals surface area contributed by atoms with E-state index in [1.54, 1.807) is 6.20 Å². The Hall–Kier alpha value is -1.16. The van der Waals surface area contributed by atoms with E-state index in [1.165, 1.54) is 0 Å². The van der Waals surface area contributed by atoms with Crippen molar-refractivity contribution >= 4 is 0 Å². The van der Waals surface area contributed by atoms with Crippen LogP contribution in [0.25, 0.3) is 0 Å². The van der Waals surface area contributed by atoms with E-state index in [1.807, 2.05) is 18.2 Å². The summed E-state index contributed by atoms with van der Waals surface area (Å²) in [6, 6.07) is 5.58. The van der Waals surface area contributed by atoms with Crippen LogP contribution in [0.3, 0.4) is 0 Å². The lowest BCUT2D eigenvalue weighted by Crippen LogP contribution is -2.49. The Kier molecular flexibility index (Phi) is 3.50. The highest BCUT2D eigenvalue weighted by atomic mass is 19.1. The molecule has 0 aliphatic carbocycles. The quantitative estimate of drug-likeness (QED) is 0.733. The second-order valence-electron chi connectivity index (χ2n) is 3.80. The van der Waals surface area contributed by atoms with Crippen molar-refractivity contribution in [1.82, 2.24) is 9.88 Å². The third-order valence-electron chi connectivity index (χ3n) is 2.55. The molecule has 0 N–H and O–H groups in total. The third kappa shape index (κ3) is 2.89. The molecule has 0 unspecified atom stereocenters. The summed E-state index contributed by atoms with van der Waals surface area (Å²) in [5.41, 5.74) is 0. The molecular weight excluding hydrogens is 195 g/mol. The van der Waals surface area contributed by atoms with Crippen molar-refractivity contribution in [1.29, 1.82) is 0 Å². The maximum Gasteiger partial charge on any atom is 0.213 e. The summed E-state index contributed by atoms with van der Waals surface area (Å²) in [4.78, 5) is 6.24. The average molecular weight is 210 g/mol. The maximum atomic E-state index is 12.1. The van der Waals surface area contributed by atoms with E-state index >= 15 is 0 Å². The molecule has 2 heterocycles. The Bertz CT molecular complexity index is 288. The molecule has 0 aromatic carbocycles. The second-order valence-corrected chi connectivity index (χ2v) is 3.80. The predicted molar refractivity (Wildman–Crippen MR) is 55.6 cm³/mol. The summed E-state index contributed by atoms with van der Waals surface area (Å²) in [5, 5.41) is 0. The van der Waals surface area contributed by atoms with Gasteiger partial charge in [0, 0.05) is 37.8 Å². The minimum atomic E-state index is -0.197. The van der Waals surface area contributed by atoms with Crippen LogP contribution < -0.4 is 4.74 Å². The molecule has 0 saturated carbocycles. The van der Waals surface area contributed by atoms with E-state index in [9.17, 15) is 4.39 Å².